The predicted octanol–water partition coefficient (Wildman–Crippen LogP) is 2.98. The van der Waals surface area contributed by atoms with Gasteiger partial charge >= 0.3 is 0 Å². The smallest absolute Gasteiger partial charge is 0.242 e. The molecule has 0 heterocycles. The topological polar surface area (TPSA) is 58.2 Å². The Morgan fingerprint density at radius 2 is 1.74 bits per heavy atom. The van der Waals surface area contributed by atoms with Crippen LogP contribution in [0.25, 0.3) is 0 Å². The number of anilines is 1. The van der Waals surface area contributed by atoms with E-state index in [1.54, 1.807) is 12.1 Å². The molecule has 5 heteroatoms. The summed E-state index contributed by atoms with van der Waals surface area (Å²) in [6.07, 6.45) is 4.13. The van der Waals surface area contributed by atoms with Crippen molar-refractivity contribution >= 4 is 15.7 Å². The van der Waals surface area contributed by atoms with Gasteiger partial charge in [-0.2, -0.15) is 0 Å². The van der Waals surface area contributed by atoms with E-state index in [2.05, 4.69) is 17.0 Å². The van der Waals surface area contributed by atoms with Gasteiger partial charge in [-0.1, -0.05) is 38.8 Å². The maximum absolute atomic E-state index is 12.1. The zero-order chi connectivity index (χ0) is 14.1. The number of benzene rings is 1. The van der Waals surface area contributed by atoms with Crippen molar-refractivity contribution in [2.24, 2.45) is 0 Å². The first kappa shape index (κ1) is 16.0. The fourth-order valence-corrected chi connectivity index (χ4v) is 3.08. The van der Waals surface area contributed by atoms with Gasteiger partial charge in [-0.3, -0.25) is 0 Å². The number of unbranched alkanes of at least 4 members (excludes halogenated alkanes) is 2. The average molecular weight is 284 g/mol. The summed E-state index contributed by atoms with van der Waals surface area (Å²) >= 11 is 0. The second-order valence-electron chi connectivity index (χ2n) is 4.53. The lowest BCUT2D eigenvalue weighted by atomic mass is 10.2. The van der Waals surface area contributed by atoms with Gasteiger partial charge in [0.25, 0.3) is 0 Å². The van der Waals surface area contributed by atoms with Crippen molar-refractivity contribution < 1.29 is 8.42 Å². The quantitative estimate of drug-likeness (QED) is 0.685. The molecule has 0 atom stereocenters. The minimum Gasteiger partial charge on any atom is -0.384 e. The minimum atomic E-state index is -3.41. The average Bonchev–Trinajstić information content (AvgIpc) is 2.42. The Hall–Kier alpha value is -1.07. The molecule has 0 fully saturated rings. The van der Waals surface area contributed by atoms with Gasteiger partial charge in [0.15, 0.2) is 0 Å². The molecule has 1 aromatic carbocycles. The molecule has 0 aromatic heterocycles. The Kier molecular flexibility index (Phi) is 6.87. The third kappa shape index (κ3) is 5.20. The zero-order valence-corrected chi connectivity index (χ0v) is 12.6. The first-order valence-electron chi connectivity index (χ1n) is 6.94. The van der Waals surface area contributed by atoms with E-state index in [4.69, 9.17) is 0 Å². The van der Waals surface area contributed by atoms with Gasteiger partial charge in [-0.25, -0.2) is 13.1 Å². The number of para-hydroxylation sites is 1. The van der Waals surface area contributed by atoms with Crippen LogP contribution in [-0.2, 0) is 10.0 Å². The largest absolute Gasteiger partial charge is 0.384 e. The van der Waals surface area contributed by atoms with Gasteiger partial charge < -0.3 is 5.32 Å². The molecule has 1 rings (SSSR count). The second kappa shape index (κ2) is 8.17. The summed E-state index contributed by atoms with van der Waals surface area (Å²) in [5, 5.41) is 3.21. The predicted molar refractivity (Wildman–Crippen MR) is 79.9 cm³/mol. The summed E-state index contributed by atoms with van der Waals surface area (Å²) in [5.41, 5.74) is 0.683. The van der Waals surface area contributed by atoms with Crippen LogP contribution >= 0.6 is 0 Å². The zero-order valence-electron chi connectivity index (χ0n) is 11.8. The van der Waals surface area contributed by atoms with Gasteiger partial charge in [0, 0.05) is 13.1 Å². The Morgan fingerprint density at radius 1 is 1.00 bits per heavy atom. The van der Waals surface area contributed by atoms with Gasteiger partial charge in [-0.05, 0) is 25.0 Å². The molecule has 19 heavy (non-hydrogen) atoms. The molecule has 0 radical (unpaired) electrons. The molecule has 108 valence electrons. The number of nitrogens with one attached hydrogen (secondary N) is 2. The Balaban J connectivity index is 2.77. The van der Waals surface area contributed by atoms with Crippen molar-refractivity contribution in [2.75, 3.05) is 18.4 Å². The number of rotatable bonds is 9. The monoisotopic (exact) mass is 284 g/mol. The van der Waals surface area contributed by atoms with Crippen LogP contribution in [0.5, 0.6) is 0 Å². The van der Waals surface area contributed by atoms with Crippen molar-refractivity contribution in [3.63, 3.8) is 0 Å². The molecule has 0 aliphatic carbocycles. The highest BCUT2D eigenvalue weighted by Gasteiger charge is 2.16. The molecule has 2 N–H and O–H groups in total. The van der Waals surface area contributed by atoms with E-state index >= 15 is 0 Å². The molecule has 0 aliphatic rings. The summed E-state index contributed by atoms with van der Waals surface area (Å²) in [7, 11) is -3.41. The van der Waals surface area contributed by atoms with E-state index in [1.807, 2.05) is 19.1 Å². The lowest BCUT2D eigenvalue weighted by Gasteiger charge is -2.12. The number of sulfonamides is 1. The van der Waals surface area contributed by atoms with Crippen molar-refractivity contribution in [3.8, 4) is 0 Å². The summed E-state index contributed by atoms with van der Waals surface area (Å²) in [5.74, 6) is 0. The Morgan fingerprint density at radius 3 is 2.42 bits per heavy atom. The van der Waals surface area contributed by atoms with E-state index in [9.17, 15) is 8.42 Å². The van der Waals surface area contributed by atoms with E-state index in [1.165, 1.54) is 0 Å². The molecule has 0 aliphatic heterocycles. The SMILES string of the molecule is CCCCCNc1ccccc1S(=O)(=O)NCCC. The van der Waals surface area contributed by atoms with Crippen LogP contribution in [0.1, 0.15) is 39.5 Å². The van der Waals surface area contributed by atoms with Crippen LogP contribution in [-0.4, -0.2) is 21.5 Å². The maximum Gasteiger partial charge on any atom is 0.242 e. The van der Waals surface area contributed by atoms with Crippen molar-refractivity contribution in [1.82, 2.24) is 4.72 Å². The van der Waals surface area contributed by atoms with E-state index in [0.29, 0.717) is 17.1 Å². The third-order valence-corrected chi connectivity index (χ3v) is 4.33. The maximum atomic E-state index is 12.1. The van der Waals surface area contributed by atoms with Crippen LogP contribution in [0.4, 0.5) is 5.69 Å². The molecular formula is C14H24N2O2S. The van der Waals surface area contributed by atoms with E-state index in [-0.39, 0.29) is 0 Å². The normalized spacial score (nSPS) is 11.5. The lowest BCUT2D eigenvalue weighted by Crippen LogP contribution is -2.25. The summed E-state index contributed by atoms with van der Waals surface area (Å²) in [6.45, 7) is 5.35. The van der Waals surface area contributed by atoms with Crippen LogP contribution < -0.4 is 10.0 Å². The number of hydrogen-bond donors (Lipinski definition) is 2. The van der Waals surface area contributed by atoms with Gasteiger partial charge in [-0.15, -0.1) is 0 Å². The van der Waals surface area contributed by atoms with Gasteiger partial charge in [0.2, 0.25) is 10.0 Å². The Bertz CT molecular complexity index is 472. The third-order valence-electron chi connectivity index (χ3n) is 2.81. The van der Waals surface area contributed by atoms with Crippen LogP contribution in [0.2, 0.25) is 0 Å². The highest BCUT2D eigenvalue weighted by atomic mass is 32.2. The first-order valence-corrected chi connectivity index (χ1v) is 8.42. The standard InChI is InChI=1S/C14H24N2O2S/c1-3-5-8-12-15-13-9-6-7-10-14(13)19(17,18)16-11-4-2/h6-7,9-10,15-16H,3-5,8,11-12H2,1-2H3. The summed E-state index contributed by atoms with van der Waals surface area (Å²) < 4.78 is 26.9. The van der Waals surface area contributed by atoms with E-state index in [0.717, 1.165) is 32.2 Å². The van der Waals surface area contributed by atoms with Crippen molar-refractivity contribution in [2.45, 2.75) is 44.4 Å². The Labute approximate surface area is 116 Å². The fourth-order valence-electron chi connectivity index (χ4n) is 1.76. The first-order chi connectivity index (χ1) is 9.11. The molecule has 0 saturated heterocycles. The van der Waals surface area contributed by atoms with E-state index < -0.39 is 10.0 Å². The molecule has 0 amide bonds. The molecule has 0 saturated carbocycles. The van der Waals surface area contributed by atoms with Crippen molar-refractivity contribution in [1.29, 1.82) is 0 Å². The molecule has 0 bridgehead atoms. The molecular weight excluding hydrogens is 260 g/mol. The fraction of sp³-hybridized carbons (Fsp3) is 0.571. The van der Waals surface area contributed by atoms with Crippen molar-refractivity contribution in [3.05, 3.63) is 24.3 Å². The van der Waals surface area contributed by atoms with Crippen LogP contribution in [0.3, 0.4) is 0 Å². The van der Waals surface area contributed by atoms with Gasteiger partial charge in [0.05, 0.1) is 5.69 Å². The number of hydrogen-bond acceptors (Lipinski definition) is 3. The molecule has 4 nitrogen and oxygen atoms in total. The summed E-state index contributed by atoms with van der Waals surface area (Å²) in [4.78, 5) is 0.333. The minimum absolute atomic E-state index is 0.333. The second-order valence-corrected chi connectivity index (χ2v) is 6.26. The van der Waals surface area contributed by atoms with Crippen LogP contribution in [0, 0.1) is 0 Å². The molecule has 0 unspecified atom stereocenters. The summed E-state index contributed by atoms with van der Waals surface area (Å²) in [6, 6.07) is 7.05. The van der Waals surface area contributed by atoms with Gasteiger partial charge in [0.1, 0.15) is 4.90 Å². The molecule has 1 aromatic rings. The highest BCUT2D eigenvalue weighted by molar-refractivity contribution is 7.89. The molecule has 0 spiro atoms. The van der Waals surface area contributed by atoms with Crippen LogP contribution in [0.15, 0.2) is 29.2 Å². The lowest BCUT2D eigenvalue weighted by molar-refractivity contribution is 0.581. The highest BCUT2D eigenvalue weighted by Crippen LogP contribution is 2.20.